The number of thiazole rings is 1. The van der Waals surface area contributed by atoms with Crippen LogP contribution in [-0.4, -0.2) is 48.8 Å². The molecular weight excluding hydrogens is 416 g/mol. The smallest absolute Gasteiger partial charge is 0.243 e. The van der Waals surface area contributed by atoms with Crippen molar-refractivity contribution >= 4 is 21.4 Å². The van der Waals surface area contributed by atoms with Gasteiger partial charge in [0.1, 0.15) is 16.6 Å². The number of aromatic nitrogens is 1. The van der Waals surface area contributed by atoms with Gasteiger partial charge < -0.3 is 0 Å². The van der Waals surface area contributed by atoms with E-state index in [1.54, 1.807) is 12.1 Å². The summed E-state index contributed by atoms with van der Waals surface area (Å²) in [5.74, 6) is -0.741. The number of hydrogen-bond donors (Lipinski definition) is 0. The molecule has 29 heavy (non-hydrogen) atoms. The summed E-state index contributed by atoms with van der Waals surface area (Å²) in [5.41, 5.74) is 1.67. The SMILES string of the molecule is O=S(=O)(c1ccc(F)cc1)N1CCN(Cc2nc(-c3ccc(F)cc3)cs2)CC1. The molecule has 0 spiro atoms. The Hall–Kier alpha value is -2.20. The normalized spacial score (nSPS) is 16.2. The lowest BCUT2D eigenvalue weighted by atomic mass is 10.2. The largest absolute Gasteiger partial charge is 0.294 e. The van der Waals surface area contributed by atoms with Crippen LogP contribution in [0.3, 0.4) is 0 Å². The Labute approximate surface area is 172 Å². The third-order valence-corrected chi connectivity index (χ3v) is 7.58. The van der Waals surface area contributed by atoms with Crippen molar-refractivity contribution in [3.63, 3.8) is 0 Å². The predicted molar refractivity (Wildman–Crippen MR) is 108 cm³/mol. The van der Waals surface area contributed by atoms with Crippen LogP contribution in [0, 0.1) is 11.6 Å². The van der Waals surface area contributed by atoms with Crippen LogP contribution < -0.4 is 0 Å². The van der Waals surface area contributed by atoms with Crippen LogP contribution in [0.5, 0.6) is 0 Å². The third-order valence-electron chi connectivity index (χ3n) is 4.83. The Bertz CT molecular complexity index is 1080. The molecule has 1 aromatic heterocycles. The summed E-state index contributed by atoms with van der Waals surface area (Å²) in [6.45, 7) is 2.56. The monoisotopic (exact) mass is 435 g/mol. The van der Waals surface area contributed by atoms with E-state index in [-0.39, 0.29) is 10.7 Å². The molecule has 0 bridgehead atoms. The Morgan fingerprint density at radius 2 is 1.48 bits per heavy atom. The zero-order valence-electron chi connectivity index (χ0n) is 15.5. The molecule has 2 heterocycles. The zero-order valence-corrected chi connectivity index (χ0v) is 17.1. The van der Waals surface area contributed by atoms with E-state index >= 15 is 0 Å². The van der Waals surface area contributed by atoms with E-state index in [1.165, 1.54) is 39.9 Å². The lowest BCUT2D eigenvalue weighted by molar-refractivity contribution is 0.181. The van der Waals surface area contributed by atoms with Gasteiger partial charge in [0.15, 0.2) is 0 Å². The fourth-order valence-electron chi connectivity index (χ4n) is 3.21. The average Bonchev–Trinajstić information content (AvgIpc) is 3.18. The lowest BCUT2D eigenvalue weighted by Crippen LogP contribution is -2.48. The first-order valence-electron chi connectivity index (χ1n) is 9.10. The number of benzene rings is 2. The number of rotatable bonds is 5. The summed E-state index contributed by atoms with van der Waals surface area (Å²) >= 11 is 1.53. The van der Waals surface area contributed by atoms with Crippen molar-refractivity contribution < 1.29 is 17.2 Å². The Morgan fingerprint density at radius 1 is 0.897 bits per heavy atom. The van der Waals surface area contributed by atoms with Crippen molar-refractivity contribution in [2.45, 2.75) is 11.4 Å². The molecule has 1 saturated heterocycles. The molecule has 0 amide bonds. The van der Waals surface area contributed by atoms with Gasteiger partial charge in [-0.2, -0.15) is 4.31 Å². The van der Waals surface area contributed by atoms with Gasteiger partial charge in [0, 0.05) is 37.1 Å². The number of piperazine rings is 1. The summed E-state index contributed by atoms with van der Waals surface area (Å²) in [4.78, 5) is 6.88. The molecule has 0 radical (unpaired) electrons. The standard InChI is InChI=1S/C20H19F2N3O2S2/c21-16-3-1-15(2-4-16)19-14-28-20(23-19)13-24-9-11-25(12-10-24)29(26,27)18-7-5-17(22)6-8-18/h1-8,14H,9-13H2. The van der Waals surface area contributed by atoms with Gasteiger partial charge >= 0.3 is 0 Å². The molecule has 0 unspecified atom stereocenters. The molecule has 0 N–H and O–H groups in total. The first-order valence-corrected chi connectivity index (χ1v) is 11.4. The molecule has 1 aliphatic heterocycles. The second kappa shape index (κ2) is 8.27. The highest BCUT2D eigenvalue weighted by molar-refractivity contribution is 7.89. The molecule has 2 aromatic carbocycles. The van der Waals surface area contributed by atoms with E-state index in [2.05, 4.69) is 9.88 Å². The maximum Gasteiger partial charge on any atom is 0.243 e. The van der Waals surface area contributed by atoms with Gasteiger partial charge in [-0.1, -0.05) is 0 Å². The Balaban J connectivity index is 1.37. The van der Waals surface area contributed by atoms with Crippen LogP contribution in [0.25, 0.3) is 11.3 Å². The van der Waals surface area contributed by atoms with Crippen LogP contribution in [-0.2, 0) is 16.6 Å². The minimum atomic E-state index is -3.61. The Kier molecular flexibility index (Phi) is 5.73. The maximum absolute atomic E-state index is 13.1. The lowest BCUT2D eigenvalue weighted by Gasteiger charge is -2.33. The van der Waals surface area contributed by atoms with Crippen LogP contribution >= 0.6 is 11.3 Å². The van der Waals surface area contributed by atoms with Crippen molar-refractivity contribution in [2.24, 2.45) is 0 Å². The summed E-state index contributed by atoms with van der Waals surface area (Å²) in [5, 5.41) is 2.87. The first kappa shape index (κ1) is 20.1. The second-order valence-electron chi connectivity index (χ2n) is 6.77. The predicted octanol–water partition coefficient (Wildman–Crippen LogP) is 3.59. The van der Waals surface area contributed by atoms with E-state index < -0.39 is 15.8 Å². The second-order valence-corrected chi connectivity index (χ2v) is 9.65. The van der Waals surface area contributed by atoms with E-state index in [0.29, 0.717) is 32.7 Å². The number of nitrogens with zero attached hydrogens (tertiary/aromatic N) is 3. The molecule has 0 saturated carbocycles. The quantitative estimate of drug-likeness (QED) is 0.615. The summed E-state index contributed by atoms with van der Waals surface area (Å²) in [7, 11) is -3.61. The van der Waals surface area contributed by atoms with Crippen molar-refractivity contribution in [3.05, 3.63) is 70.6 Å². The fraction of sp³-hybridized carbons (Fsp3) is 0.250. The molecule has 1 fully saturated rings. The first-order chi connectivity index (χ1) is 13.9. The van der Waals surface area contributed by atoms with Crippen LogP contribution in [0.2, 0.25) is 0 Å². The number of sulfonamides is 1. The van der Waals surface area contributed by atoms with E-state index in [9.17, 15) is 17.2 Å². The average molecular weight is 436 g/mol. The highest BCUT2D eigenvalue weighted by atomic mass is 32.2. The highest BCUT2D eigenvalue weighted by Crippen LogP contribution is 2.24. The molecule has 152 valence electrons. The summed E-state index contributed by atoms with van der Waals surface area (Å²) in [6.07, 6.45) is 0. The fourth-order valence-corrected chi connectivity index (χ4v) is 5.48. The van der Waals surface area contributed by atoms with Crippen molar-refractivity contribution in [3.8, 4) is 11.3 Å². The van der Waals surface area contributed by atoms with Gasteiger partial charge in [0.25, 0.3) is 0 Å². The van der Waals surface area contributed by atoms with E-state index in [0.717, 1.165) is 28.4 Å². The zero-order chi connectivity index (χ0) is 20.4. The highest BCUT2D eigenvalue weighted by Gasteiger charge is 2.28. The topological polar surface area (TPSA) is 53.5 Å². The van der Waals surface area contributed by atoms with Crippen LogP contribution in [0.4, 0.5) is 8.78 Å². The molecule has 0 aliphatic carbocycles. The van der Waals surface area contributed by atoms with Gasteiger partial charge in [-0.15, -0.1) is 11.3 Å². The number of halogens is 2. The molecule has 1 aliphatic rings. The van der Waals surface area contributed by atoms with Gasteiger partial charge in [0.2, 0.25) is 10.0 Å². The van der Waals surface area contributed by atoms with Gasteiger partial charge in [-0.25, -0.2) is 22.2 Å². The van der Waals surface area contributed by atoms with Gasteiger partial charge in [-0.3, -0.25) is 4.90 Å². The van der Waals surface area contributed by atoms with Crippen LogP contribution in [0.1, 0.15) is 5.01 Å². The van der Waals surface area contributed by atoms with Crippen molar-refractivity contribution in [2.75, 3.05) is 26.2 Å². The summed E-state index contributed by atoms with van der Waals surface area (Å²) in [6, 6.07) is 11.1. The van der Waals surface area contributed by atoms with Crippen molar-refractivity contribution in [1.29, 1.82) is 0 Å². The molecule has 3 aromatic rings. The van der Waals surface area contributed by atoms with Gasteiger partial charge in [0.05, 0.1) is 17.1 Å². The summed E-state index contributed by atoms with van der Waals surface area (Å²) < 4.78 is 53.0. The maximum atomic E-state index is 13.1. The Morgan fingerprint density at radius 3 is 2.10 bits per heavy atom. The van der Waals surface area contributed by atoms with Crippen molar-refractivity contribution in [1.82, 2.24) is 14.2 Å². The molecule has 0 atom stereocenters. The molecule has 4 rings (SSSR count). The van der Waals surface area contributed by atoms with Gasteiger partial charge in [-0.05, 0) is 48.5 Å². The molecular formula is C20H19F2N3O2S2. The van der Waals surface area contributed by atoms with E-state index in [1.807, 2.05) is 5.38 Å². The van der Waals surface area contributed by atoms with E-state index in [4.69, 9.17) is 0 Å². The molecule has 9 heteroatoms. The number of hydrogen-bond acceptors (Lipinski definition) is 5. The minimum Gasteiger partial charge on any atom is -0.294 e. The minimum absolute atomic E-state index is 0.108. The van der Waals surface area contributed by atoms with Crippen LogP contribution in [0.15, 0.2) is 58.8 Å². The third kappa shape index (κ3) is 4.53. The molecule has 5 nitrogen and oxygen atoms in total.